The minimum Gasteiger partial charge on any atom is -0.508 e. The molecule has 11 heteroatoms. The van der Waals surface area contributed by atoms with Gasteiger partial charge in [-0.25, -0.2) is 9.59 Å². The highest BCUT2D eigenvalue weighted by Gasteiger charge is 2.68. The summed E-state index contributed by atoms with van der Waals surface area (Å²) in [5.74, 6) is 1.53. The number of phenolic OH excluding ortho intramolecular Hbond substituents is 1. The minimum atomic E-state index is -0.888. The molecule has 3 saturated carbocycles. The molecule has 6 aliphatic carbocycles. The van der Waals surface area contributed by atoms with E-state index in [1.165, 1.54) is 47.9 Å². The van der Waals surface area contributed by atoms with Crippen LogP contribution in [0, 0.1) is 46.3 Å². The number of carbonyl (C=O) groups excluding carboxylic acids is 2. The van der Waals surface area contributed by atoms with Crippen molar-refractivity contribution in [3.8, 4) is 16.9 Å². The Labute approximate surface area is 486 Å². The summed E-state index contributed by atoms with van der Waals surface area (Å²) in [5.41, 5.74) is 11.7. The average Bonchev–Trinajstić information content (AvgIpc) is 1.71. The lowest BCUT2D eigenvalue weighted by Gasteiger charge is -2.56. The van der Waals surface area contributed by atoms with Gasteiger partial charge in [-0.2, -0.15) is 0 Å². The van der Waals surface area contributed by atoms with Crippen molar-refractivity contribution in [2.45, 2.75) is 160 Å². The van der Waals surface area contributed by atoms with Gasteiger partial charge in [0, 0.05) is 48.8 Å². The number of carbonyl (C=O) groups is 2. The number of benzene rings is 4. The van der Waals surface area contributed by atoms with Crippen LogP contribution in [0.3, 0.4) is 0 Å². The average molecular weight is 1110 g/mol. The number of cyclic esters (lactones) is 1. The van der Waals surface area contributed by atoms with E-state index in [9.17, 15) is 10.2 Å². The molecule has 5 fully saturated rings. The number of ether oxygens (including phenoxy) is 2. The van der Waals surface area contributed by atoms with Crippen LogP contribution in [0.1, 0.15) is 150 Å². The number of rotatable bonds is 12. The summed E-state index contributed by atoms with van der Waals surface area (Å²) in [6.45, 7) is 7.87. The van der Waals surface area contributed by atoms with Gasteiger partial charge in [-0.3, -0.25) is 0 Å². The number of hydrogen-bond donors (Lipinski definition) is 7. The Morgan fingerprint density at radius 1 is 0.817 bits per heavy atom. The molecule has 4 aromatic carbocycles. The first-order valence-corrected chi connectivity index (χ1v) is 31.7. The molecule has 11 aliphatic rings. The monoisotopic (exact) mass is 1110 g/mol. The normalized spacial score (nSPS) is 31.1. The molecule has 82 heavy (non-hydrogen) atoms. The topological polar surface area (TPSA) is 153 Å². The summed E-state index contributed by atoms with van der Waals surface area (Å²) >= 11 is 0. The molecular formula is C71H87N5O6. The van der Waals surface area contributed by atoms with E-state index in [0.29, 0.717) is 48.7 Å². The zero-order valence-electron chi connectivity index (χ0n) is 48.7. The lowest BCUT2D eigenvalue weighted by Crippen LogP contribution is -2.52. The highest BCUT2D eigenvalue weighted by Crippen LogP contribution is 2.72. The molecule has 14 bridgehead atoms. The van der Waals surface area contributed by atoms with Gasteiger partial charge in [0.25, 0.3) is 0 Å². The van der Waals surface area contributed by atoms with Crippen LogP contribution in [0.25, 0.3) is 16.7 Å². The van der Waals surface area contributed by atoms with Gasteiger partial charge in [0.1, 0.15) is 17.3 Å². The van der Waals surface area contributed by atoms with Crippen molar-refractivity contribution in [3.63, 3.8) is 0 Å². The van der Waals surface area contributed by atoms with Crippen molar-refractivity contribution < 1.29 is 29.3 Å². The van der Waals surface area contributed by atoms with E-state index < -0.39 is 11.5 Å². The first kappa shape index (κ1) is 55.5. The van der Waals surface area contributed by atoms with Gasteiger partial charge in [0.2, 0.25) is 0 Å². The molecule has 2 saturated heterocycles. The van der Waals surface area contributed by atoms with Gasteiger partial charge in [-0.05, 0) is 239 Å². The highest BCUT2D eigenvalue weighted by atomic mass is 16.6. The Morgan fingerprint density at radius 2 is 1.68 bits per heavy atom. The zero-order valence-corrected chi connectivity index (χ0v) is 48.7. The summed E-state index contributed by atoms with van der Waals surface area (Å²) in [6.07, 6.45) is 21.0. The van der Waals surface area contributed by atoms with Crippen LogP contribution in [0.5, 0.6) is 5.75 Å². The van der Waals surface area contributed by atoms with E-state index in [1.54, 1.807) is 6.07 Å². The molecule has 15 rings (SSSR count). The molecule has 0 unspecified atom stereocenters. The van der Waals surface area contributed by atoms with E-state index >= 15 is 9.59 Å². The van der Waals surface area contributed by atoms with Crippen molar-refractivity contribution in [2.75, 3.05) is 26.7 Å². The summed E-state index contributed by atoms with van der Waals surface area (Å²) in [7, 11) is 2.07. The van der Waals surface area contributed by atoms with Crippen LogP contribution in [0.4, 0.5) is 0 Å². The van der Waals surface area contributed by atoms with Crippen LogP contribution < -0.4 is 26.6 Å². The molecule has 0 aromatic heterocycles. The van der Waals surface area contributed by atoms with Crippen molar-refractivity contribution in [1.82, 2.24) is 26.6 Å². The molecule has 11 nitrogen and oxygen atoms in total. The Hall–Kier alpha value is -5.66. The maximum absolute atomic E-state index is 15.3. The lowest BCUT2D eigenvalue weighted by molar-refractivity contribution is -0.135. The summed E-state index contributed by atoms with van der Waals surface area (Å²) < 4.78 is 13.5. The molecule has 4 aromatic rings. The number of phenols is 1. The van der Waals surface area contributed by atoms with Crippen LogP contribution >= 0.6 is 0 Å². The molecule has 0 amide bonds. The Kier molecular flexibility index (Phi) is 15.9. The Morgan fingerprint density at radius 3 is 2.51 bits per heavy atom. The number of aliphatic hydroxyl groups is 1. The van der Waals surface area contributed by atoms with E-state index in [4.69, 9.17) is 9.47 Å². The summed E-state index contributed by atoms with van der Waals surface area (Å²) in [6, 6.07) is 32.9. The van der Waals surface area contributed by atoms with Crippen LogP contribution in [0.2, 0.25) is 0 Å². The predicted octanol–water partition coefficient (Wildman–Crippen LogP) is 11.8. The maximum atomic E-state index is 15.3. The van der Waals surface area contributed by atoms with Gasteiger partial charge >= 0.3 is 11.9 Å². The highest BCUT2D eigenvalue weighted by molar-refractivity contribution is 6.07. The molecule has 5 aliphatic heterocycles. The van der Waals surface area contributed by atoms with Gasteiger partial charge in [0.05, 0.1) is 23.3 Å². The van der Waals surface area contributed by atoms with Crippen molar-refractivity contribution in [2.24, 2.45) is 46.3 Å². The fourth-order valence-corrected chi connectivity index (χ4v) is 17.6. The second-order valence-corrected chi connectivity index (χ2v) is 26.3. The number of allylic oxidation sites excluding steroid dienone is 5. The third-order valence-electron chi connectivity index (χ3n) is 21.5. The number of piperidine rings is 1. The van der Waals surface area contributed by atoms with Gasteiger partial charge in [-0.15, -0.1) is 0 Å². The fraction of sp³-hybridized carbons (Fsp3) is 0.521. The Bertz CT molecular complexity index is 3190. The number of nitrogens with one attached hydrogen (secondary N) is 5. The molecule has 1 spiro atoms. The van der Waals surface area contributed by atoms with Gasteiger partial charge < -0.3 is 46.3 Å². The first-order valence-electron chi connectivity index (χ1n) is 31.7. The molecule has 0 radical (unpaired) electrons. The number of fused-ring (bicyclic) bond motifs is 5. The lowest BCUT2D eigenvalue weighted by atomic mass is 9.44. The summed E-state index contributed by atoms with van der Waals surface area (Å²) in [5, 5.41) is 41.5. The molecular weight excluding hydrogens is 1020 g/mol. The fourth-order valence-electron chi connectivity index (χ4n) is 17.6. The number of aromatic hydroxyl groups is 1. The molecule has 11 atom stereocenters. The van der Waals surface area contributed by atoms with E-state index in [1.807, 2.05) is 19.1 Å². The largest absolute Gasteiger partial charge is 0.508 e. The van der Waals surface area contributed by atoms with Crippen molar-refractivity contribution >= 4 is 17.5 Å². The minimum absolute atomic E-state index is 0.0409. The van der Waals surface area contributed by atoms with E-state index in [-0.39, 0.29) is 59.0 Å². The maximum Gasteiger partial charge on any atom is 0.340 e. The molecule has 432 valence electrons. The van der Waals surface area contributed by atoms with Crippen molar-refractivity contribution in [1.29, 1.82) is 0 Å². The smallest absolute Gasteiger partial charge is 0.340 e. The molecule has 5 heterocycles. The SMILES string of the molecule is CC[C@H](/C=C1\OC(=O)C2=C3c4cc(O)ccc4-c4cccc(c4)CNCCc4cc(CNC5CCCC5)cc(c4)[C@@H](NC[C@H](C)O)[C@H]4CC[C@@]([C@@H]5CCN[C@H](NC)C5)(CC=C5OC(=O)C6=C5CC[C@H]5[C@H]3CC[C@@]21[C@@H]65)C4)Cc1ccccc1. The molecule has 7 N–H and O–H groups in total. The zero-order chi connectivity index (χ0) is 56.1. The quantitative estimate of drug-likeness (QED) is 0.0679. The third-order valence-corrected chi connectivity index (χ3v) is 21.5. The predicted molar refractivity (Wildman–Crippen MR) is 322 cm³/mol. The second kappa shape index (κ2) is 23.4. The van der Waals surface area contributed by atoms with Gasteiger partial charge in [0.15, 0.2) is 0 Å². The van der Waals surface area contributed by atoms with Crippen LogP contribution in [-0.4, -0.2) is 67.1 Å². The van der Waals surface area contributed by atoms with Gasteiger partial charge in [-0.1, -0.05) is 92.6 Å². The van der Waals surface area contributed by atoms with E-state index in [0.717, 1.165) is 141 Å². The number of hydrogen-bond acceptors (Lipinski definition) is 11. The second-order valence-electron chi connectivity index (χ2n) is 26.3. The standard InChI is InChI=1S/C71H87N5O6/c1-4-44(31-45-11-6-5-7-12-45)36-61-71-28-22-56-57-19-20-58-60(81-68(79)64(58)65(57)71)23-27-70(52-25-30-74-62(37-52)72-3)26-21-50(39-70)67(76-40-43(2)77)51-33-46(32-48(35-51)42-75-53-15-8-9-16-53)24-29-73-41-47-13-10-14-49(34-47)55-18-17-54(78)38-59(55)63(56)66(71)69(80)82-61/h5-7,10-14,17-18,23,32-36,38,43-44,50,52-53,56-57,62,65,67,72-78H,4,8-9,15-16,19-22,24-31,37,39-42H2,1-3H3/b60-23?,61-36-/t43-,44-,50-,52+,56+,57-,62-,65+,67-,70+,71+/m0/s1. The third kappa shape index (κ3) is 10.5. The van der Waals surface area contributed by atoms with Crippen LogP contribution in [-0.2, 0) is 45.0 Å². The van der Waals surface area contributed by atoms with E-state index in [2.05, 4.69) is 126 Å². The number of esters is 2. The summed E-state index contributed by atoms with van der Waals surface area (Å²) in [4.78, 5) is 30.6. The van der Waals surface area contributed by atoms with Crippen LogP contribution in [0.15, 0.2) is 131 Å². The Balaban J connectivity index is 0.962. The first-order chi connectivity index (χ1) is 40.0. The van der Waals surface area contributed by atoms with Crippen molar-refractivity contribution in [3.05, 3.63) is 165 Å². The number of aliphatic hydroxyl groups excluding tert-OH is 1.